The van der Waals surface area contributed by atoms with E-state index < -0.39 is 0 Å². The van der Waals surface area contributed by atoms with Gasteiger partial charge in [0.2, 0.25) is 0 Å². The largest absolute Gasteiger partial charge is 0.378 e. The molecule has 27 heavy (non-hydrogen) atoms. The van der Waals surface area contributed by atoms with Gasteiger partial charge < -0.3 is 9.88 Å². The normalized spacial score (nSPS) is 25.3. The molecule has 3 aliphatic rings. The van der Waals surface area contributed by atoms with Crippen LogP contribution in [0.1, 0.15) is 30.5 Å². The van der Waals surface area contributed by atoms with Gasteiger partial charge in [0.05, 0.1) is 17.3 Å². The molecule has 2 aromatic carbocycles. The maximum absolute atomic E-state index is 3.77. The molecule has 0 saturated carbocycles. The predicted molar refractivity (Wildman–Crippen MR) is 112 cm³/mol. The van der Waals surface area contributed by atoms with Crippen LogP contribution >= 0.6 is 0 Å². The van der Waals surface area contributed by atoms with Crippen molar-refractivity contribution >= 4 is 17.0 Å². The zero-order chi connectivity index (χ0) is 18.0. The number of hydrogen-bond acceptors (Lipinski definition) is 1. The fourth-order valence-electron chi connectivity index (χ4n) is 5.15. The zero-order valence-electron chi connectivity index (χ0n) is 15.4. The van der Waals surface area contributed by atoms with Crippen molar-refractivity contribution in [2.24, 2.45) is 5.92 Å². The van der Waals surface area contributed by atoms with Crippen molar-refractivity contribution < 1.29 is 0 Å². The Morgan fingerprint density at radius 1 is 0.926 bits per heavy atom. The summed E-state index contributed by atoms with van der Waals surface area (Å²) < 4.78 is 2.43. The van der Waals surface area contributed by atoms with E-state index in [0.717, 1.165) is 6.42 Å². The first kappa shape index (κ1) is 15.1. The lowest BCUT2D eigenvalue weighted by molar-refractivity contribution is 0.619. The minimum atomic E-state index is 0.368. The molecule has 6 rings (SSSR count). The van der Waals surface area contributed by atoms with E-state index in [1.807, 2.05) is 0 Å². The van der Waals surface area contributed by atoms with Crippen molar-refractivity contribution in [2.45, 2.75) is 25.3 Å². The van der Waals surface area contributed by atoms with Crippen LogP contribution in [0.4, 0.5) is 0 Å². The smallest absolute Gasteiger partial charge is 0.0556 e. The lowest BCUT2D eigenvalue weighted by Gasteiger charge is -2.26. The van der Waals surface area contributed by atoms with Gasteiger partial charge >= 0.3 is 0 Å². The average Bonchev–Trinajstić information content (AvgIpc) is 3.23. The molecule has 0 fully saturated rings. The molecule has 0 amide bonds. The molecule has 2 heterocycles. The first-order chi connectivity index (χ1) is 13.3. The number of fused-ring (bicyclic) bond motifs is 6. The summed E-state index contributed by atoms with van der Waals surface area (Å²) in [5.41, 5.74) is 8.28. The number of hydrogen-bond donors (Lipinski definition) is 1. The third-order valence-corrected chi connectivity index (χ3v) is 6.27. The highest BCUT2D eigenvalue weighted by Gasteiger charge is 2.40. The topological polar surface area (TPSA) is 17.0 Å². The van der Waals surface area contributed by atoms with Gasteiger partial charge in [-0.05, 0) is 53.8 Å². The van der Waals surface area contributed by atoms with E-state index in [2.05, 4.69) is 95.7 Å². The molecular formula is C25H22N2. The Kier molecular flexibility index (Phi) is 3.07. The van der Waals surface area contributed by atoms with Gasteiger partial charge in [0.1, 0.15) is 0 Å². The van der Waals surface area contributed by atoms with Gasteiger partial charge in [0.15, 0.2) is 0 Å². The number of allylic oxidation sites excluding steroid dienone is 2. The molecule has 3 atom stereocenters. The highest BCUT2D eigenvalue weighted by atomic mass is 15.0. The standard InChI is InChI=1S/C25H22N2/c1-16-11-12-20-19(15-16)24-21(26-20)13-14-23-25(24)18-9-5-6-10-22(18)27(23)17-7-3-2-4-8-17/h2-14,16,21,24,26H,15H2,1H3. The molecule has 0 spiro atoms. The first-order valence-corrected chi connectivity index (χ1v) is 9.86. The quantitative estimate of drug-likeness (QED) is 0.608. The molecule has 2 aliphatic carbocycles. The Morgan fingerprint density at radius 3 is 2.63 bits per heavy atom. The monoisotopic (exact) mass is 350 g/mol. The minimum Gasteiger partial charge on any atom is -0.378 e. The summed E-state index contributed by atoms with van der Waals surface area (Å²) in [6.45, 7) is 2.32. The van der Waals surface area contributed by atoms with Gasteiger partial charge in [-0.1, -0.05) is 55.5 Å². The maximum atomic E-state index is 3.77. The summed E-state index contributed by atoms with van der Waals surface area (Å²) in [4.78, 5) is 0. The number of para-hydroxylation sites is 2. The van der Waals surface area contributed by atoms with Crippen molar-refractivity contribution in [1.29, 1.82) is 0 Å². The fraction of sp³-hybridized carbons (Fsp3) is 0.200. The summed E-state index contributed by atoms with van der Waals surface area (Å²) in [6, 6.07) is 20.0. The van der Waals surface area contributed by atoms with Crippen LogP contribution in [0.15, 0.2) is 84.1 Å². The lowest BCUT2D eigenvalue weighted by atomic mass is 9.78. The Labute approximate surface area is 159 Å². The number of nitrogens with zero attached hydrogens (tertiary/aromatic N) is 1. The fourth-order valence-corrected chi connectivity index (χ4v) is 5.15. The number of nitrogens with one attached hydrogen (secondary N) is 1. The van der Waals surface area contributed by atoms with Crippen LogP contribution in [0, 0.1) is 5.92 Å². The molecule has 2 nitrogen and oxygen atoms in total. The molecular weight excluding hydrogens is 328 g/mol. The van der Waals surface area contributed by atoms with Crippen molar-refractivity contribution in [1.82, 2.24) is 9.88 Å². The Morgan fingerprint density at radius 2 is 1.74 bits per heavy atom. The van der Waals surface area contributed by atoms with Crippen LogP contribution in [-0.2, 0) is 0 Å². The van der Waals surface area contributed by atoms with Crippen molar-refractivity contribution in [3.05, 3.63) is 95.4 Å². The van der Waals surface area contributed by atoms with E-state index in [9.17, 15) is 0 Å². The third-order valence-electron chi connectivity index (χ3n) is 6.27. The molecule has 1 aromatic heterocycles. The average molecular weight is 350 g/mol. The third kappa shape index (κ3) is 2.07. The molecule has 0 bridgehead atoms. The molecule has 0 radical (unpaired) electrons. The molecule has 3 unspecified atom stereocenters. The Bertz CT molecular complexity index is 1140. The van der Waals surface area contributed by atoms with Crippen LogP contribution in [0.3, 0.4) is 0 Å². The van der Waals surface area contributed by atoms with Crippen LogP contribution in [-0.4, -0.2) is 10.6 Å². The summed E-state index contributed by atoms with van der Waals surface area (Å²) >= 11 is 0. The summed E-state index contributed by atoms with van der Waals surface area (Å²) in [6.07, 6.45) is 10.5. The molecule has 1 N–H and O–H groups in total. The highest BCUT2D eigenvalue weighted by molar-refractivity contribution is 5.92. The second-order valence-electron chi connectivity index (χ2n) is 7.97. The minimum absolute atomic E-state index is 0.368. The zero-order valence-corrected chi connectivity index (χ0v) is 15.4. The molecule has 1 aliphatic heterocycles. The van der Waals surface area contributed by atoms with Crippen molar-refractivity contribution in [3.63, 3.8) is 0 Å². The summed E-state index contributed by atoms with van der Waals surface area (Å²) in [5, 5.41) is 5.15. The van der Waals surface area contributed by atoms with Gasteiger partial charge in [0, 0.05) is 22.7 Å². The molecule has 0 saturated heterocycles. The SMILES string of the molecule is CC1C=CC2=C(C1)C1c3c(n(-c4ccccc4)c4ccccc34)C=CC1N2. The van der Waals surface area contributed by atoms with Gasteiger partial charge in [0.25, 0.3) is 0 Å². The van der Waals surface area contributed by atoms with Crippen LogP contribution < -0.4 is 5.32 Å². The molecule has 3 aromatic rings. The number of aromatic nitrogens is 1. The van der Waals surface area contributed by atoms with Crippen LogP contribution in [0.2, 0.25) is 0 Å². The highest BCUT2D eigenvalue weighted by Crippen LogP contribution is 2.48. The summed E-state index contributed by atoms with van der Waals surface area (Å²) in [7, 11) is 0. The first-order valence-electron chi connectivity index (χ1n) is 9.86. The summed E-state index contributed by atoms with van der Waals surface area (Å²) in [5.74, 6) is 1.04. The second kappa shape index (κ2) is 5.50. The van der Waals surface area contributed by atoms with Gasteiger partial charge in [-0.3, -0.25) is 0 Å². The number of benzene rings is 2. The van der Waals surface area contributed by atoms with Gasteiger partial charge in [-0.2, -0.15) is 0 Å². The maximum Gasteiger partial charge on any atom is 0.0556 e. The number of rotatable bonds is 1. The lowest BCUT2D eigenvalue weighted by Crippen LogP contribution is -2.27. The van der Waals surface area contributed by atoms with E-state index in [1.54, 1.807) is 5.57 Å². The van der Waals surface area contributed by atoms with E-state index in [1.165, 1.54) is 33.5 Å². The van der Waals surface area contributed by atoms with Crippen LogP contribution in [0.25, 0.3) is 22.7 Å². The van der Waals surface area contributed by atoms with E-state index in [-0.39, 0.29) is 0 Å². The van der Waals surface area contributed by atoms with Crippen molar-refractivity contribution in [3.8, 4) is 5.69 Å². The van der Waals surface area contributed by atoms with Crippen molar-refractivity contribution in [2.75, 3.05) is 0 Å². The van der Waals surface area contributed by atoms with Crippen LogP contribution in [0.5, 0.6) is 0 Å². The van der Waals surface area contributed by atoms with E-state index in [4.69, 9.17) is 0 Å². The van der Waals surface area contributed by atoms with Gasteiger partial charge in [-0.15, -0.1) is 0 Å². The predicted octanol–water partition coefficient (Wildman–Crippen LogP) is 5.56. The van der Waals surface area contributed by atoms with Gasteiger partial charge in [-0.25, -0.2) is 0 Å². The van der Waals surface area contributed by atoms with E-state index >= 15 is 0 Å². The van der Waals surface area contributed by atoms with E-state index in [0.29, 0.717) is 17.9 Å². The molecule has 2 heteroatoms. The second-order valence-corrected chi connectivity index (χ2v) is 7.97. The molecule has 132 valence electrons. The Balaban J connectivity index is 1.65. The Hall–Kier alpha value is -3.00.